The monoisotopic (exact) mass is 404 g/mol. The van der Waals surface area contributed by atoms with Gasteiger partial charge in [0, 0.05) is 37.4 Å². The van der Waals surface area contributed by atoms with Crippen LogP contribution in [0.1, 0.15) is 66.8 Å². The van der Waals surface area contributed by atoms with E-state index in [1.54, 1.807) is 0 Å². The lowest BCUT2D eigenvalue weighted by Gasteiger charge is -2.30. The van der Waals surface area contributed by atoms with Crippen LogP contribution in [0.25, 0.3) is 11.1 Å². The molecule has 3 aromatic rings. The first-order valence-corrected chi connectivity index (χ1v) is 10.9. The maximum Gasteiger partial charge on any atom is 0.223 e. The summed E-state index contributed by atoms with van der Waals surface area (Å²) < 4.78 is 5.90. The Morgan fingerprint density at radius 1 is 1.03 bits per heavy atom. The molecule has 2 heterocycles. The lowest BCUT2D eigenvalue weighted by Crippen LogP contribution is -2.38. The molecule has 0 unspecified atom stereocenters. The number of ketones is 1. The van der Waals surface area contributed by atoms with Crippen molar-refractivity contribution in [2.75, 3.05) is 13.1 Å². The topological polar surface area (TPSA) is 63.4 Å². The number of likely N-dealkylation sites (tertiary alicyclic amines) is 1. The summed E-state index contributed by atoms with van der Waals surface area (Å²) in [7, 11) is 0. The van der Waals surface area contributed by atoms with E-state index >= 15 is 0 Å². The Bertz CT molecular complexity index is 981. The van der Waals surface area contributed by atoms with E-state index in [0.717, 1.165) is 42.7 Å². The number of Topliss-reactive ketones (excluding diaryl/α,β-unsaturated/α-hetero) is 1. The summed E-state index contributed by atoms with van der Waals surface area (Å²) in [4.78, 5) is 31.5. The number of nitrogens with zero attached hydrogens (tertiary/aromatic N) is 2. The second-order valence-corrected chi connectivity index (χ2v) is 8.04. The Morgan fingerprint density at radius 2 is 1.77 bits per heavy atom. The highest BCUT2D eigenvalue weighted by Gasteiger charge is 2.27. The van der Waals surface area contributed by atoms with Gasteiger partial charge >= 0.3 is 0 Å². The lowest BCUT2D eigenvalue weighted by atomic mass is 9.96. The van der Waals surface area contributed by atoms with Crippen molar-refractivity contribution in [2.45, 2.75) is 51.4 Å². The molecule has 0 aliphatic carbocycles. The summed E-state index contributed by atoms with van der Waals surface area (Å²) in [6.45, 7) is 3.50. The molecular formula is C25H28N2O3. The van der Waals surface area contributed by atoms with Gasteiger partial charge in [-0.2, -0.15) is 0 Å². The van der Waals surface area contributed by atoms with Crippen LogP contribution in [-0.4, -0.2) is 34.7 Å². The summed E-state index contributed by atoms with van der Waals surface area (Å²) in [6.07, 6.45) is 4.31. The van der Waals surface area contributed by atoms with Gasteiger partial charge in [0.15, 0.2) is 17.3 Å². The standard InChI is InChI=1S/C25H28N2O3/c1-2-5-18-8-10-19(11-9-18)22(28)12-13-24(29)27-16-14-20(15-17-27)25-26-21-6-3-4-7-23(21)30-25/h3-4,6-11,20H,2,5,12-17H2,1H3. The Hall–Kier alpha value is -2.95. The zero-order chi connectivity index (χ0) is 20.9. The highest BCUT2D eigenvalue weighted by atomic mass is 16.3. The van der Waals surface area contributed by atoms with Crippen LogP contribution in [0, 0.1) is 0 Å². The van der Waals surface area contributed by atoms with Crippen LogP contribution < -0.4 is 0 Å². The van der Waals surface area contributed by atoms with E-state index in [4.69, 9.17) is 4.42 Å². The first-order valence-electron chi connectivity index (χ1n) is 10.9. The molecule has 1 aliphatic heterocycles. The number of aromatic nitrogens is 1. The quantitative estimate of drug-likeness (QED) is 0.511. The number of piperidine rings is 1. The smallest absolute Gasteiger partial charge is 0.223 e. The van der Waals surface area contributed by atoms with Gasteiger partial charge in [-0.1, -0.05) is 49.7 Å². The van der Waals surface area contributed by atoms with Gasteiger partial charge in [0.1, 0.15) is 5.52 Å². The molecular weight excluding hydrogens is 376 g/mol. The number of para-hydroxylation sites is 2. The van der Waals surface area contributed by atoms with Crippen LogP contribution >= 0.6 is 0 Å². The van der Waals surface area contributed by atoms with Crippen molar-refractivity contribution in [1.29, 1.82) is 0 Å². The van der Waals surface area contributed by atoms with Gasteiger partial charge in [0.05, 0.1) is 0 Å². The van der Waals surface area contributed by atoms with Crippen LogP contribution in [0.2, 0.25) is 0 Å². The number of benzene rings is 2. The molecule has 0 bridgehead atoms. The normalized spacial score (nSPS) is 14.9. The van der Waals surface area contributed by atoms with Crippen molar-refractivity contribution in [3.8, 4) is 0 Å². The number of fused-ring (bicyclic) bond motifs is 1. The van der Waals surface area contributed by atoms with E-state index in [0.29, 0.717) is 18.7 Å². The molecule has 5 nitrogen and oxygen atoms in total. The van der Waals surface area contributed by atoms with Gasteiger partial charge in [-0.05, 0) is 37.0 Å². The van der Waals surface area contributed by atoms with E-state index in [2.05, 4.69) is 11.9 Å². The first kappa shape index (κ1) is 20.3. The number of aryl methyl sites for hydroxylation is 1. The predicted octanol–water partition coefficient (Wildman–Crippen LogP) is 5.15. The van der Waals surface area contributed by atoms with Gasteiger partial charge in [0.2, 0.25) is 5.91 Å². The Kier molecular flexibility index (Phi) is 6.26. The molecule has 0 atom stereocenters. The zero-order valence-corrected chi connectivity index (χ0v) is 17.5. The minimum Gasteiger partial charge on any atom is -0.440 e. The molecule has 2 aromatic carbocycles. The second kappa shape index (κ2) is 9.24. The van der Waals surface area contributed by atoms with Gasteiger partial charge in [-0.3, -0.25) is 9.59 Å². The third-order valence-corrected chi connectivity index (χ3v) is 5.89. The Labute approximate surface area is 177 Å². The average molecular weight is 405 g/mol. The van der Waals surface area contributed by atoms with Crippen molar-refractivity contribution >= 4 is 22.8 Å². The molecule has 5 heteroatoms. The molecule has 0 N–H and O–H groups in total. The van der Waals surface area contributed by atoms with E-state index < -0.39 is 0 Å². The van der Waals surface area contributed by atoms with E-state index in [1.165, 1.54) is 5.56 Å². The second-order valence-electron chi connectivity index (χ2n) is 8.04. The summed E-state index contributed by atoms with van der Waals surface area (Å²) in [5, 5.41) is 0. The molecule has 1 amide bonds. The Morgan fingerprint density at radius 3 is 2.47 bits per heavy atom. The third kappa shape index (κ3) is 4.61. The number of carbonyl (C=O) groups is 2. The predicted molar refractivity (Wildman–Crippen MR) is 117 cm³/mol. The third-order valence-electron chi connectivity index (χ3n) is 5.89. The highest BCUT2D eigenvalue weighted by Crippen LogP contribution is 2.30. The maximum atomic E-state index is 12.6. The lowest BCUT2D eigenvalue weighted by molar-refractivity contribution is -0.132. The van der Waals surface area contributed by atoms with Gasteiger partial charge < -0.3 is 9.32 Å². The fraction of sp³-hybridized carbons (Fsp3) is 0.400. The van der Waals surface area contributed by atoms with Crippen LogP contribution in [0.3, 0.4) is 0 Å². The molecule has 1 aromatic heterocycles. The molecule has 0 spiro atoms. The van der Waals surface area contributed by atoms with E-state index in [-0.39, 0.29) is 30.4 Å². The van der Waals surface area contributed by atoms with E-state index in [9.17, 15) is 9.59 Å². The molecule has 4 rings (SSSR count). The molecule has 156 valence electrons. The van der Waals surface area contributed by atoms with Gasteiger partial charge in [-0.15, -0.1) is 0 Å². The van der Waals surface area contributed by atoms with Crippen molar-refractivity contribution < 1.29 is 14.0 Å². The molecule has 0 saturated carbocycles. The SMILES string of the molecule is CCCc1ccc(C(=O)CCC(=O)N2CCC(c3nc4ccccc4o3)CC2)cc1. The van der Waals surface area contributed by atoms with Crippen molar-refractivity contribution in [2.24, 2.45) is 0 Å². The average Bonchev–Trinajstić information content (AvgIpc) is 3.22. The van der Waals surface area contributed by atoms with Gasteiger partial charge in [0.25, 0.3) is 0 Å². The number of carbonyl (C=O) groups excluding carboxylic acids is 2. The van der Waals surface area contributed by atoms with E-state index in [1.807, 2.05) is 53.4 Å². The first-order chi connectivity index (χ1) is 14.6. The fourth-order valence-electron chi connectivity index (χ4n) is 4.11. The van der Waals surface area contributed by atoms with Crippen LogP contribution in [0.4, 0.5) is 0 Å². The highest BCUT2D eigenvalue weighted by molar-refractivity contribution is 5.98. The summed E-state index contributed by atoms with van der Waals surface area (Å²) in [5.74, 6) is 1.10. The Balaban J connectivity index is 1.26. The van der Waals surface area contributed by atoms with Crippen molar-refractivity contribution in [3.05, 3.63) is 65.5 Å². The van der Waals surface area contributed by atoms with Crippen LogP contribution in [-0.2, 0) is 11.2 Å². The largest absolute Gasteiger partial charge is 0.440 e. The molecule has 1 saturated heterocycles. The molecule has 0 radical (unpaired) electrons. The molecule has 1 fully saturated rings. The number of hydrogen-bond donors (Lipinski definition) is 0. The van der Waals surface area contributed by atoms with Crippen LogP contribution in [0.5, 0.6) is 0 Å². The minimum absolute atomic E-state index is 0.0350. The van der Waals surface area contributed by atoms with Gasteiger partial charge in [-0.25, -0.2) is 4.98 Å². The number of hydrogen-bond acceptors (Lipinski definition) is 4. The zero-order valence-electron chi connectivity index (χ0n) is 17.5. The minimum atomic E-state index is 0.0350. The number of amides is 1. The molecule has 30 heavy (non-hydrogen) atoms. The molecule has 1 aliphatic rings. The summed E-state index contributed by atoms with van der Waals surface area (Å²) in [5.41, 5.74) is 3.63. The van der Waals surface area contributed by atoms with Crippen molar-refractivity contribution in [3.63, 3.8) is 0 Å². The van der Waals surface area contributed by atoms with Crippen molar-refractivity contribution in [1.82, 2.24) is 9.88 Å². The summed E-state index contributed by atoms with van der Waals surface area (Å²) in [6, 6.07) is 15.6. The number of oxazole rings is 1. The maximum absolute atomic E-state index is 12.6. The fourth-order valence-corrected chi connectivity index (χ4v) is 4.11. The summed E-state index contributed by atoms with van der Waals surface area (Å²) >= 11 is 0. The number of rotatable bonds is 7. The van der Waals surface area contributed by atoms with Crippen LogP contribution in [0.15, 0.2) is 52.9 Å².